The van der Waals surface area contributed by atoms with Crippen LogP contribution in [0.1, 0.15) is 73.9 Å². The van der Waals surface area contributed by atoms with E-state index in [9.17, 15) is 0 Å². The summed E-state index contributed by atoms with van der Waals surface area (Å²) in [7, 11) is 6.94. The molecule has 2 saturated heterocycles. The Morgan fingerprint density at radius 2 is 1.06 bits per heavy atom. The molecule has 10 rings (SSSR count). The van der Waals surface area contributed by atoms with Gasteiger partial charge >= 0.3 is 0 Å². The molecule has 0 N–H and O–H groups in total. The van der Waals surface area contributed by atoms with Gasteiger partial charge in [0.2, 0.25) is 0 Å². The summed E-state index contributed by atoms with van der Waals surface area (Å²) in [6, 6.07) is 37.3. The molecule has 7 unspecified atom stereocenters. The van der Waals surface area contributed by atoms with E-state index in [0.717, 1.165) is 26.1 Å². The van der Waals surface area contributed by atoms with Gasteiger partial charge in [0.25, 0.3) is 0 Å². The Morgan fingerprint density at radius 3 is 1.65 bits per heavy atom. The second-order valence-electron chi connectivity index (χ2n) is 16.4. The molecule has 6 heterocycles. The maximum Gasteiger partial charge on any atom is 0.0564 e. The Labute approximate surface area is 303 Å². The smallest absolute Gasteiger partial charge is 0.0564 e. The number of nitrogens with zero attached hydrogens (tertiary/aromatic N) is 6. The maximum absolute atomic E-state index is 2.75. The topological polar surface area (TPSA) is 21.1 Å². The third kappa shape index (κ3) is 4.52. The lowest BCUT2D eigenvalue weighted by Gasteiger charge is -2.45. The van der Waals surface area contributed by atoms with E-state index in [2.05, 4.69) is 162 Å². The van der Waals surface area contributed by atoms with Crippen molar-refractivity contribution in [1.82, 2.24) is 19.3 Å². The van der Waals surface area contributed by atoms with E-state index < -0.39 is 0 Å². The van der Waals surface area contributed by atoms with Crippen molar-refractivity contribution in [2.24, 2.45) is 0 Å². The van der Waals surface area contributed by atoms with Crippen LogP contribution in [0.25, 0.3) is 16.6 Å². The highest BCUT2D eigenvalue weighted by Gasteiger charge is 2.48. The second-order valence-corrected chi connectivity index (χ2v) is 16.4. The molecule has 51 heavy (non-hydrogen) atoms. The molecule has 0 radical (unpaired) electrons. The number of para-hydroxylation sites is 3. The van der Waals surface area contributed by atoms with Crippen molar-refractivity contribution in [2.45, 2.75) is 82.1 Å². The number of hydrogen-bond donors (Lipinski definition) is 0. The van der Waals surface area contributed by atoms with Crippen LogP contribution in [0.2, 0.25) is 0 Å². The number of benzene rings is 4. The lowest BCUT2D eigenvalue weighted by atomic mass is 9.84. The number of rotatable bonds is 3. The number of hydrogen-bond acceptors (Lipinski definition) is 5. The van der Waals surface area contributed by atoms with Crippen LogP contribution in [0.5, 0.6) is 0 Å². The van der Waals surface area contributed by atoms with Crippen molar-refractivity contribution in [3.05, 3.63) is 113 Å². The molecule has 262 valence electrons. The highest BCUT2D eigenvalue weighted by atomic mass is 15.3. The summed E-state index contributed by atoms with van der Waals surface area (Å²) in [5.41, 5.74) is 14.0. The van der Waals surface area contributed by atoms with E-state index >= 15 is 0 Å². The largest absolute Gasteiger partial charge is 0.336 e. The van der Waals surface area contributed by atoms with Gasteiger partial charge in [-0.15, -0.1) is 0 Å². The molecule has 0 saturated carbocycles. The summed E-state index contributed by atoms with van der Waals surface area (Å²) in [4.78, 5) is 13.2. The van der Waals surface area contributed by atoms with Crippen LogP contribution >= 0.6 is 0 Å². The molecule has 7 atom stereocenters. The Balaban J connectivity index is 1.25. The zero-order valence-corrected chi connectivity index (χ0v) is 31.1. The predicted octanol–water partition coefficient (Wildman–Crippen LogP) is 8.84. The molecular weight excluding hydrogens is 625 g/mol. The quantitative estimate of drug-likeness (QED) is 0.190. The minimum absolute atomic E-state index is 0.320. The molecule has 0 aliphatic carbocycles. The first-order valence-corrected chi connectivity index (χ1v) is 19.5. The van der Waals surface area contributed by atoms with Crippen LogP contribution < -0.4 is 9.80 Å². The fourth-order valence-electron chi connectivity index (χ4n) is 11.1. The van der Waals surface area contributed by atoms with E-state index in [1.807, 2.05) is 0 Å². The Hall–Kier alpha value is -4.10. The van der Waals surface area contributed by atoms with Crippen molar-refractivity contribution in [1.29, 1.82) is 0 Å². The fraction of sp³-hybridized carbons (Fsp3) is 0.422. The lowest BCUT2D eigenvalue weighted by molar-refractivity contribution is 0.163. The molecule has 5 aromatic rings. The summed E-state index contributed by atoms with van der Waals surface area (Å²) in [6.07, 6.45) is 3.47. The Morgan fingerprint density at radius 1 is 0.549 bits per heavy atom. The first-order chi connectivity index (χ1) is 24.8. The summed E-state index contributed by atoms with van der Waals surface area (Å²) < 4.78 is 2.64. The first kappa shape index (κ1) is 31.6. The molecule has 0 spiro atoms. The summed E-state index contributed by atoms with van der Waals surface area (Å²) >= 11 is 0. The highest BCUT2D eigenvalue weighted by Crippen LogP contribution is 2.54. The van der Waals surface area contributed by atoms with Gasteiger partial charge in [-0.05, 0) is 127 Å². The van der Waals surface area contributed by atoms with Gasteiger partial charge in [0.15, 0.2) is 0 Å². The van der Waals surface area contributed by atoms with Gasteiger partial charge in [-0.1, -0.05) is 54.6 Å². The molecule has 0 amide bonds. The van der Waals surface area contributed by atoms with Crippen molar-refractivity contribution >= 4 is 33.7 Å². The zero-order chi connectivity index (χ0) is 34.7. The number of fused-ring (bicyclic) bond motifs is 9. The van der Waals surface area contributed by atoms with Crippen molar-refractivity contribution < 1.29 is 0 Å². The van der Waals surface area contributed by atoms with Gasteiger partial charge < -0.3 is 24.2 Å². The molecule has 6 nitrogen and oxygen atoms in total. The van der Waals surface area contributed by atoms with Gasteiger partial charge in [-0.3, -0.25) is 4.90 Å². The number of anilines is 4. The Kier molecular flexibility index (Phi) is 7.26. The molecule has 6 heteroatoms. The van der Waals surface area contributed by atoms with Crippen LogP contribution in [-0.2, 0) is 6.42 Å². The summed E-state index contributed by atoms with van der Waals surface area (Å²) in [6.45, 7) is 10.7. The predicted molar refractivity (Wildman–Crippen MR) is 212 cm³/mol. The van der Waals surface area contributed by atoms with Crippen LogP contribution in [-0.4, -0.2) is 84.2 Å². The zero-order valence-electron chi connectivity index (χ0n) is 31.1. The van der Waals surface area contributed by atoms with E-state index in [-0.39, 0.29) is 0 Å². The number of likely N-dealkylation sites (N-methyl/N-ethyl adjacent to an activating group) is 3. The third-order valence-corrected chi connectivity index (χ3v) is 14.1. The minimum atomic E-state index is 0.320. The summed E-state index contributed by atoms with van der Waals surface area (Å²) in [5, 5.41) is 1.41. The second kappa shape index (κ2) is 11.7. The highest BCUT2D eigenvalue weighted by molar-refractivity contribution is 5.89. The molecular formula is C45H52N6. The number of likely N-dealkylation sites (tertiary alicyclic amines) is 2. The van der Waals surface area contributed by atoms with Crippen molar-refractivity contribution in [2.75, 3.05) is 50.6 Å². The van der Waals surface area contributed by atoms with E-state index in [1.54, 1.807) is 0 Å². The SMILES string of the molecule is CC1c2c(c3ccccc3n2-c2cc(N3c4ccccc4C4CCN(C)C(C)C43)cc(N3c4ccccc4C4CCN(C)C(C)C43)c2)CCN1C. The normalized spacial score (nSPS) is 29.2. The van der Waals surface area contributed by atoms with Gasteiger partial charge in [-0.25, -0.2) is 0 Å². The number of piperidine rings is 2. The molecule has 5 aliphatic rings. The fourth-order valence-corrected chi connectivity index (χ4v) is 11.1. The van der Waals surface area contributed by atoms with E-state index in [0.29, 0.717) is 42.0 Å². The van der Waals surface area contributed by atoms with E-state index in [1.165, 1.54) is 74.6 Å². The maximum atomic E-state index is 2.75. The Bertz CT molecular complexity index is 2050. The molecule has 1 aromatic heterocycles. The van der Waals surface area contributed by atoms with Gasteiger partial charge in [0.05, 0.1) is 23.3 Å². The minimum Gasteiger partial charge on any atom is -0.336 e. The van der Waals surface area contributed by atoms with Gasteiger partial charge in [0.1, 0.15) is 0 Å². The van der Waals surface area contributed by atoms with Crippen molar-refractivity contribution in [3.8, 4) is 5.69 Å². The monoisotopic (exact) mass is 676 g/mol. The molecule has 4 aromatic carbocycles. The first-order valence-electron chi connectivity index (χ1n) is 19.5. The van der Waals surface area contributed by atoms with Gasteiger partial charge in [0, 0.05) is 70.3 Å². The van der Waals surface area contributed by atoms with Crippen LogP contribution in [0, 0.1) is 0 Å². The average Bonchev–Trinajstić information content (AvgIpc) is 3.79. The van der Waals surface area contributed by atoms with Gasteiger partial charge in [-0.2, -0.15) is 0 Å². The summed E-state index contributed by atoms with van der Waals surface area (Å²) in [5.74, 6) is 1.05. The third-order valence-electron chi connectivity index (χ3n) is 14.1. The standard InChI is InChI=1S/C45H52N6/c1-28-43-37(19-22-46(28)4)34-13-7-10-16-40(34)49(43)31-25-32(50-41-17-11-8-14-35(41)38-20-23-47(5)29(2)44(38)50)27-33(26-31)51-42-18-12-9-15-36(42)39-21-24-48(6)30(3)45(39)51/h7-18,25-30,37-38,43-44H,19-24H2,1-6H3. The van der Waals surface area contributed by atoms with Crippen molar-refractivity contribution in [3.63, 3.8) is 0 Å². The number of aromatic nitrogens is 1. The molecule has 5 aliphatic heterocycles. The van der Waals surface area contributed by atoms with Crippen LogP contribution in [0.15, 0.2) is 91.0 Å². The van der Waals surface area contributed by atoms with Crippen LogP contribution in [0.4, 0.5) is 22.7 Å². The molecule has 0 bridgehead atoms. The van der Waals surface area contributed by atoms with Crippen LogP contribution in [0.3, 0.4) is 0 Å². The van der Waals surface area contributed by atoms with E-state index in [4.69, 9.17) is 0 Å². The average molecular weight is 677 g/mol. The molecule has 2 fully saturated rings. The lowest BCUT2D eigenvalue weighted by Crippen LogP contribution is -2.52.